The SMILES string of the molecule is CCOC(=O)c1c(NC(=O)CNCC(=O)NC)sc(C)c1C. The van der Waals surface area contributed by atoms with E-state index in [0.29, 0.717) is 10.6 Å². The molecular formula is C14H21N3O4S. The number of rotatable bonds is 7. The largest absolute Gasteiger partial charge is 0.462 e. The highest BCUT2D eigenvalue weighted by atomic mass is 32.1. The van der Waals surface area contributed by atoms with Crippen molar-refractivity contribution in [1.82, 2.24) is 10.6 Å². The minimum atomic E-state index is -0.446. The summed E-state index contributed by atoms with van der Waals surface area (Å²) in [6, 6.07) is 0. The van der Waals surface area contributed by atoms with Crippen LogP contribution in [-0.2, 0) is 14.3 Å². The molecule has 0 radical (unpaired) electrons. The van der Waals surface area contributed by atoms with Gasteiger partial charge in [-0.25, -0.2) is 4.79 Å². The second-order valence-corrected chi connectivity index (χ2v) is 5.76. The van der Waals surface area contributed by atoms with E-state index in [-0.39, 0.29) is 31.5 Å². The molecule has 0 bridgehead atoms. The van der Waals surface area contributed by atoms with Gasteiger partial charge in [-0.15, -0.1) is 11.3 Å². The van der Waals surface area contributed by atoms with Crippen molar-refractivity contribution in [2.45, 2.75) is 20.8 Å². The van der Waals surface area contributed by atoms with E-state index in [0.717, 1.165) is 10.4 Å². The molecule has 0 aliphatic carbocycles. The van der Waals surface area contributed by atoms with Crippen LogP contribution >= 0.6 is 11.3 Å². The molecule has 0 aliphatic heterocycles. The van der Waals surface area contributed by atoms with E-state index in [1.807, 2.05) is 13.8 Å². The molecule has 0 aromatic carbocycles. The monoisotopic (exact) mass is 327 g/mol. The third kappa shape index (κ3) is 4.81. The summed E-state index contributed by atoms with van der Waals surface area (Å²) in [7, 11) is 1.52. The zero-order valence-corrected chi connectivity index (χ0v) is 14.0. The maximum Gasteiger partial charge on any atom is 0.341 e. The molecule has 0 unspecified atom stereocenters. The predicted molar refractivity (Wildman–Crippen MR) is 85.3 cm³/mol. The van der Waals surface area contributed by atoms with Crippen LogP contribution in [0.3, 0.4) is 0 Å². The number of likely N-dealkylation sites (N-methyl/N-ethyl adjacent to an activating group) is 1. The van der Waals surface area contributed by atoms with E-state index < -0.39 is 5.97 Å². The average Bonchev–Trinajstić information content (AvgIpc) is 2.73. The lowest BCUT2D eigenvalue weighted by atomic mass is 10.1. The Balaban J connectivity index is 2.72. The molecule has 0 aliphatic rings. The highest BCUT2D eigenvalue weighted by molar-refractivity contribution is 7.16. The van der Waals surface area contributed by atoms with Crippen LogP contribution in [-0.4, -0.2) is 44.5 Å². The second kappa shape index (κ2) is 8.50. The van der Waals surface area contributed by atoms with Crippen LogP contribution in [0.4, 0.5) is 5.00 Å². The summed E-state index contributed by atoms with van der Waals surface area (Å²) in [6.45, 7) is 5.73. The molecular weight excluding hydrogens is 306 g/mol. The lowest BCUT2D eigenvalue weighted by molar-refractivity contribution is -0.120. The number of carbonyl (C=O) groups is 3. The Kier molecular flexibility index (Phi) is 7.00. The zero-order valence-electron chi connectivity index (χ0n) is 13.2. The number of aryl methyl sites for hydroxylation is 1. The van der Waals surface area contributed by atoms with Crippen molar-refractivity contribution < 1.29 is 19.1 Å². The third-order valence-corrected chi connectivity index (χ3v) is 4.09. The van der Waals surface area contributed by atoms with E-state index in [2.05, 4.69) is 16.0 Å². The zero-order chi connectivity index (χ0) is 16.7. The van der Waals surface area contributed by atoms with Gasteiger partial charge in [0.1, 0.15) is 5.00 Å². The molecule has 1 rings (SSSR count). The van der Waals surface area contributed by atoms with E-state index >= 15 is 0 Å². The van der Waals surface area contributed by atoms with E-state index in [4.69, 9.17) is 4.74 Å². The molecule has 0 saturated heterocycles. The molecule has 7 nitrogen and oxygen atoms in total. The Labute approximate surface area is 133 Å². The number of hydrogen-bond acceptors (Lipinski definition) is 6. The minimum Gasteiger partial charge on any atom is -0.462 e. The molecule has 1 aromatic heterocycles. The average molecular weight is 327 g/mol. The molecule has 0 atom stereocenters. The summed E-state index contributed by atoms with van der Waals surface area (Å²) in [5, 5.41) is 8.32. The van der Waals surface area contributed by atoms with Crippen molar-refractivity contribution in [2.24, 2.45) is 0 Å². The highest BCUT2D eigenvalue weighted by Gasteiger charge is 2.21. The number of amides is 2. The number of carbonyl (C=O) groups excluding carboxylic acids is 3. The number of anilines is 1. The van der Waals surface area contributed by atoms with Gasteiger partial charge in [-0.1, -0.05) is 0 Å². The summed E-state index contributed by atoms with van der Waals surface area (Å²) in [6.07, 6.45) is 0. The Morgan fingerprint density at radius 3 is 2.36 bits per heavy atom. The number of esters is 1. The van der Waals surface area contributed by atoms with Gasteiger partial charge < -0.3 is 15.4 Å². The number of ether oxygens (including phenoxy) is 1. The molecule has 1 heterocycles. The molecule has 2 amide bonds. The fraction of sp³-hybridized carbons (Fsp3) is 0.500. The van der Waals surface area contributed by atoms with Gasteiger partial charge in [0.15, 0.2) is 0 Å². The van der Waals surface area contributed by atoms with E-state index in [9.17, 15) is 14.4 Å². The minimum absolute atomic E-state index is 0.0221. The first-order chi connectivity index (χ1) is 10.4. The smallest absolute Gasteiger partial charge is 0.341 e. The maximum absolute atomic E-state index is 12.0. The van der Waals surface area contributed by atoms with Crippen LogP contribution in [0.1, 0.15) is 27.7 Å². The number of thiophene rings is 1. The summed E-state index contributed by atoms with van der Waals surface area (Å²) in [4.78, 5) is 35.9. The fourth-order valence-electron chi connectivity index (χ4n) is 1.71. The summed E-state index contributed by atoms with van der Waals surface area (Å²) < 4.78 is 5.02. The van der Waals surface area contributed by atoms with Crippen LogP contribution in [0.2, 0.25) is 0 Å². The van der Waals surface area contributed by atoms with Crippen LogP contribution in [0, 0.1) is 13.8 Å². The summed E-state index contributed by atoms with van der Waals surface area (Å²) in [5.41, 5.74) is 1.20. The van der Waals surface area contributed by atoms with Crippen molar-refractivity contribution in [1.29, 1.82) is 0 Å². The summed E-state index contributed by atoms with van der Waals surface area (Å²) >= 11 is 1.33. The quantitative estimate of drug-likeness (QED) is 0.644. The van der Waals surface area contributed by atoms with Gasteiger partial charge in [-0.2, -0.15) is 0 Å². The lowest BCUT2D eigenvalue weighted by Crippen LogP contribution is -2.36. The topological polar surface area (TPSA) is 96.5 Å². The van der Waals surface area contributed by atoms with Crippen LogP contribution in [0.25, 0.3) is 0 Å². The third-order valence-electron chi connectivity index (χ3n) is 2.97. The van der Waals surface area contributed by atoms with Crippen LogP contribution in [0.15, 0.2) is 0 Å². The normalized spacial score (nSPS) is 10.2. The predicted octanol–water partition coefficient (Wildman–Crippen LogP) is 0.816. The van der Waals surface area contributed by atoms with Gasteiger partial charge in [-0.3, -0.25) is 14.9 Å². The molecule has 1 aromatic rings. The standard InChI is InChI=1S/C14H21N3O4S/c1-5-21-14(20)12-8(2)9(3)22-13(12)17-11(19)7-16-6-10(18)15-4/h16H,5-7H2,1-4H3,(H,15,18)(H,17,19). The van der Waals surface area contributed by atoms with Crippen molar-refractivity contribution in [3.05, 3.63) is 16.0 Å². The van der Waals surface area contributed by atoms with Crippen molar-refractivity contribution in [2.75, 3.05) is 32.1 Å². The second-order valence-electron chi connectivity index (χ2n) is 4.53. The van der Waals surface area contributed by atoms with Crippen LogP contribution in [0.5, 0.6) is 0 Å². The molecule has 0 saturated carbocycles. The molecule has 22 heavy (non-hydrogen) atoms. The lowest BCUT2D eigenvalue weighted by Gasteiger charge is -2.07. The Morgan fingerprint density at radius 2 is 1.77 bits per heavy atom. The molecule has 122 valence electrons. The van der Waals surface area contributed by atoms with Crippen molar-refractivity contribution in [3.8, 4) is 0 Å². The van der Waals surface area contributed by atoms with E-state index in [1.165, 1.54) is 18.4 Å². The van der Waals surface area contributed by atoms with Crippen molar-refractivity contribution >= 4 is 34.1 Å². The Hall–Kier alpha value is -1.93. The van der Waals surface area contributed by atoms with Gasteiger partial charge in [0.05, 0.1) is 25.3 Å². The van der Waals surface area contributed by atoms with Crippen LogP contribution < -0.4 is 16.0 Å². The molecule has 8 heteroatoms. The summed E-state index contributed by atoms with van der Waals surface area (Å²) in [5.74, 6) is -0.975. The fourth-order valence-corrected chi connectivity index (χ4v) is 2.78. The number of nitrogens with one attached hydrogen (secondary N) is 3. The highest BCUT2D eigenvalue weighted by Crippen LogP contribution is 2.32. The first-order valence-corrected chi connectivity index (χ1v) is 7.70. The van der Waals surface area contributed by atoms with Crippen molar-refractivity contribution in [3.63, 3.8) is 0 Å². The van der Waals surface area contributed by atoms with Gasteiger partial charge in [-0.05, 0) is 26.3 Å². The van der Waals surface area contributed by atoms with E-state index in [1.54, 1.807) is 6.92 Å². The Morgan fingerprint density at radius 1 is 1.14 bits per heavy atom. The first-order valence-electron chi connectivity index (χ1n) is 6.88. The number of hydrogen-bond donors (Lipinski definition) is 3. The Bertz CT molecular complexity index is 569. The maximum atomic E-state index is 12.0. The van der Waals surface area contributed by atoms with Gasteiger partial charge in [0, 0.05) is 11.9 Å². The molecule has 0 fully saturated rings. The van der Waals surface area contributed by atoms with Gasteiger partial charge in [0.25, 0.3) is 0 Å². The molecule has 0 spiro atoms. The van der Waals surface area contributed by atoms with Gasteiger partial charge >= 0.3 is 5.97 Å². The first kappa shape index (κ1) is 18.1. The molecule has 3 N–H and O–H groups in total. The van der Waals surface area contributed by atoms with Gasteiger partial charge in [0.2, 0.25) is 11.8 Å².